The third kappa shape index (κ3) is 3.27. The number of rotatable bonds is 5. The highest BCUT2D eigenvalue weighted by Crippen LogP contribution is 2.38. The molecule has 132 valence electrons. The van der Waals surface area contributed by atoms with Gasteiger partial charge in [-0.1, -0.05) is 30.3 Å². The van der Waals surface area contributed by atoms with Gasteiger partial charge in [-0.05, 0) is 18.2 Å². The number of nitrogens with zero attached hydrogens (tertiary/aromatic N) is 1. The molecule has 0 aliphatic rings. The zero-order valence-corrected chi connectivity index (χ0v) is 14.4. The van der Waals surface area contributed by atoms with Crippen LogP contribution in [0.2, 0.25) is 0 Å². The maximum Gasteiger partial charge on any atom is 0.213 e. The Morgan fingerprint density at radius 2 is 1.88 bits per heavy atom. The number of hydrogen-bond acceptors (Lipinski definition) is 5. The molecule has 26 heavy (non-hydrogen) atoms. The molecular formula is C19H18N4O3. The normalized spacial score (nSPS) is 10.2. The number of aromatic nitrogens is 1. The molecule has 3 rings (SSSR count). The van der Waals surface area contributed by atoms with E-state index in [2.05, 4.69) is 10.6 Å². The summed E-state index contributed by atoms with van der Waals surface area (Å²) >= 11 is 0. The Morgan fingerprint density at radius 3 is 2.54 bits per heavy atom. The van der Waals surface area contributed by atoms with Crippen LogP contribution in [-0.4, -0.2) is 31.6 Å². The van der Waals surface area contributed by atoms with Crippen molar-refractivity contribution in [3.8, 4) is 22.8 Å². The van der Waals surface area contributed by atoms with Crippen molar-refractivity contribution in [2.24, 2.45) is 0 Å². The number of pyridine rings is 1. The molecular weight excluding hydrogens is 332 g/mol. The second-order valence-electron chi connectivity index (χ2n) is 5.38. The first kappa shape index (κ1) is 17.2. The monoisotopic (exact) mass is 350 g/mol. The molecule has 0 aliphatic carbocycles. The van der Waals surface area contributed by atoms with E-state index < -0.39 is 0 Å². The lowest BCUT2D eigenvalue weighted by Crippen LogP contribution is -2.28. The molecule has 0 bridgehead atoms. The van der Waals surface area contributed by atoms with Crippen LogP contribution >= 0.6 is 0 Å². The molecule has 3 aromatic rings. The van der Waals surface area contributed by atoms with Gasteiger partial charge in [0.05, 0.1) is 25.6 Å². The van der Waals surface area contributed by atoms with Crippen molar-refractivity contribution >= 4 is 29.0 Å². The summed E-state index contributed by atoms with van der Waals surface area (Å²) in [4.78, 5) is 15.3. The van der Waals surface area contributed by atoms with E-state index in [0.717, 1.165) is 10.9 Å². The van der Waals surface area contributed by atoms with Crippen molar-refractivity contribution in [2.75, 3.05) is 19.5 Å². The predicted octanol–water partition coefficient (Wildman–Crippen LogP) is 3.01. The van der Waals surface area contributed by atoms with Crippen LogP contribution in [0, 0.1) is 5.41 Å². The van der Waals surface area contributed by atoms with E-state index in [1.54, 1.807) is 20.3 Å². The molecule has 1 heterocycles. The molecule has 0 spiro atoms. The first-order chi connectivity index (χ1) is 12.7. The van der Waals surface area contributed by atoms with Crippen LogP contribution in [0.4, 0.5) is 5.69 Å². The van der Waals surface area contributed by atoms with Gasteiger partial charge in [0.25, 0.3) is 0 Å². The SMILES string of the molecule is COc1ccc2c(NC(=N)NC=O)cc(-c3ccccc3)nc2c1OC. The summed E-state index contributed by atoms with van der Waals surface area (Å²) in [5, 5.41) is 13.7. The first-order valence-corrected chi connectivity index (χ1v) is 7.85. The van der Waals surface area contributed by atoms with Crippen molar-refractivity contribution in [2.45, 2.75) is 0 Å². The highest BCUT2D eigenvalue weighted by Gasteiger charge is 2.16. The molecule has 0 radical (unpaired) electrons. The van der Waals surface area contributed by atoms with Gasteiger partial charge in [-0.3, -0.25) is 15.5 Å². The smallest absolute Gasteiger partial charge is 0.213 e. The first-order valence-electron chi connectivity index (χ1n) is 7.85. The number of carbonyl (C=O) groups excluding carboxylic acids is 1. The molecule has 0 aliphatic heterocycles. The number of methoxy groups -OCH3 is 2. The summed E-state index contributed by atoms with van der Waals surface area (Å²) < 4.78 is 10.9. The Labute approximate surface area is 150 Å². The molecule has 7 nitrogen and oxygen atoms in total. The molecule has 7 heteroatoms. The van der Waals surface area contributed by atoms with Crippen molar-refractivity contribution in [1.82, 2.24) is 10.3 Å². The van der Waals surface area contributed by atoms with Gasteiger partial charge < -0.3 is 14.8 Å². The zero-order chi connectivity index (χ0) is 18.5. The highest BCUT2D eigenvalue weighted by atomic mass is 16.5. The Hall–Kier alpha value is -3.61. The van der Waals surface area contributed by atoms with Crippen molar-refractivity contribution in [1.29, 1.82) is 5.41 Å². The number of anilines is 1. The second-order valence-corrected chi connectivity index (χ2v) is 5.38. The zero-order valence-electron chi connectivity index (χ0n) is 14.4. The van der Waals surface area contributed by atoms with Crippen LogP contribution in [0.1, 0.15) is 0 Å². The molecule has 1 aromatic heterocycles. The van der Waals surface area contributed by atoms with Gasteiger partial charge in [0, 0.05) is 10.9 Å². The van der Waals surface area contributed by atoms with Crippen molar-refractivity contribution in [3.63, 3.8) is 0 Å². The summed E-state index contributed by atoms with van der Waals surface area (Å²) in [5.74, 6) is 0.923. The fourth-order valence-electron chi connectivity index (χ4n) is 2.70. The lowest BCUT2D eigenvalue weighted by molar-refractivity contribution is -0.108. The quantitative estimate of drug-likeness (QED) is 0.373. The van der Waals surface area contributed by atoms with Gasteiger partial charge in [-0.15, -0.1) is 0 Å². The Kier molecular flexibility index (Phi) is 4.98. The van der Waals surface area contributed by atoms with Crippen LogP contribution in [0.5, 0.6) is 11.5 Å². The van der Waals surface area contributed by atoms with Crippen molar-refractivity contribution < 1.29 is 14.3 Å². The van der Waals surface area contributed by atoms with E-state index in [4.69, 9.17) is 19.9 Å². The highest BCUT2D eigenvalue weighted by molar-refractivity contribution is 6.06. The van der Waals surface area contributed by atoms with Crippen LogP contribution in [0.15, 0.2) is 48.5 Å². The van der Waals surface area contributed by atoms with E-state index in [-0.39, 0.29) is 5.96 Å². The number of fused-ring (bicyclic) bond motifs is 1. The molecule has 0 saturated carbocycles. The fraction of sp³-hybridized carbons (Fsp3) is 0.105. The summed E-state index contributed by atoms with van der Waals surface area (Å²) in [6, 6.07) is 15.1. The minimum atomic E-state index is -0.138. The summed E-state index contributed by atoms with van der Waals surface area (Å²) in [6.07, 6.45) is 0.445. The van der Waals surface area contributed by atoms with Gasteiger partial charge in [0.15, 0.2) is 17.5 Å². The number of hydrogen-bond donors (Lipinski definition) is 3. The predicted molar refractivity (Wildman–Crippen MR) is 101 cm³/mol. The average Bonchev–Trinajstić information content (AvgIpc) is 2.67. The molecule has 3 N–H and O–H groups in total. The van der Waals surface area contributed by atoms with Crippen LogP contribution in [-0.2, 0) is 4.79 Å². The van der Waals surface area contributed by atoms with Gasteiger partial charge in [-0.25, -0.2) is 4.98 Å². The summed E-state index contributed by atoms with van der Waals surface area (Å²) in [5.41, 5.74) is 2.83. The summed E-state index contributed by atoms with van der Waals surface area (Å²) in [6.45, 7) is 0. The topological polar surface area (TPSA) is 96.3 Å². The molecule has 2 aromatic carbocycles. The third-order valence-electron chi connectivity index (χ3n) is 3.86. The van der Waals surface area contributed by atoms with E-state index in [9.17, 15) is 4.79 Å². The second kappa shape index (κ2) is 7.52. The Morgan fingerprint density at radius 1 is 1.12 bits per heavy atom. The molecule has 0 unspecified atom stereocenters. The van der Waals surface area contributed by atoms with Crippen LogP contribution in [0.25, 0.3) is 22.2 Å². The fourth-order valence-corrected chi connectivity index (χ4v) is 2.70. The minimum Gasteiger partial charge on any atom is -0.493 e. The molecule has 1 amide bonds. The number of carbonyl (C=O) groups is 1. The Balaban J connectivity index is 2.26. The van der Waals surface area contributed by atoms with E-state index in [0.29, 0.717) is 34.8 Å². The lowest BCUT2D eigenvalue weighted by atomic mass is 10.1. The van der Waals surface area contributed by atoms with E-state index >= 15 is 0 Å². The van der Waals surface area contributed by atoms with Crippen molar-refractivity contribution in [3.05, 3.63) is 48.5 Å². The van der Waals surface area contributed by atoms with Gasteiger partial charge in [0.1, 0.15) is 5.52 Å². The number of guanidine groups is 1. The number of ether oxygens (including phenoxy) is 2. The van der Waals surface area contributed by atoms with E-state index in [1.165, 1.54) is 0 Å². The minimum absolute atomic E-state index is 0.138. The Bertz CT molecular complexity index is 958. The maximum absolute atomic E-state index is 10.6. The molecule has 0 saturated heterocycles. The standard InChI is InChI=1S/C19H18N4O3/c1-25-16-9-8-13-15(23-19(20)21-11-24)10-14(12-6-4-3-5-7-12)22-17(13)18(16)26-2/h3-11H,1-2H3,(H3,20,21,22,23,24). The van der Waals surface area contributed by atoms with Crippen LogP contribution < -0.4 is 20.1 Å². The van der Waals surface area contributed by atoms with Crippen LogP contribution in [0.3, 0.4) is 0 Å². The van der Waals surface area contributed by atoms with Gasteiger partial charge in [-0.2, -0.15) is 0 Å². The third-order valence-corrected chi connectivity index (χ3v) is 3.86. The summed E-state index contributed by atoms with van der Waals surface area (Å²) in [7, 11) is 3.12. The number of amides is 1. The maximum atomic E-state index is 10.6. The van der Waals surface area contributed by atoms with Gasteiger partial charge >= 0.3 is 0 Å². The molecule has 0 fully saturated rings. The van der Waals surface area contributed by atoms with E-state index in [1.807, 2.05) is 42.5 Å². The lowest BCUT2D eigenvalue weighted by Gasteiger charge is -2.15. The molecule has 0 atom stereocenters. The van der Waals surface area contributed by atoms with Gasteiger partial charge in [0.2, 0.25) is 6.41 Å². The average molecular weight is 350 g/mol. The number of nitrogens with one attached hydrogen (secondary N) is 3. The largest absolute Gasteiger partial charge is 0.493 e. The number of benzene rings is 2.